The highest BCUT2D eigenvalue weighted by atomic mass is 32.1. The minimum Gasteiger partial charge on any atom is -0.496 e. The van der Waals surface area contributed by atoms with Gasteiger partial charge in [0.05, 0.1) is 19.3 Å². The van der Waals surface area contributed by atoms with Crippen LogP contribution in [0.1, 0.15) is 53.6 Å². The van der Waals surface area contributed by atoms with Gasteiger partial charge < -0.3 is 10.1 Å². The second-order valence-corrected chi connectivity index (χ2v) is 9.57. The van der Waals surface area contributed by atoms with E-state index in [4.69, 9.17) is 9.72 Å². The third kappa shape index (κ3) is 5.56. The summed E-state index contributed by atoms with van der Waals surface area (Å²) in [6.45, 7) is 7.17. The number of methoxy groups -OCH3 is 1. The summed E-state index contributed by atoms with van der Waals surface area (Å²) in [5.41, 5.74) is 5.76. The van der Waals surface area contributed by atoms with E-state index in [0.717, 1.165) is 43.1 Å². The SMILES string of the molecule is COc1ccccc1CCC(=O)Nc1ccc2c(c1)CN(Cc1nc(C(C)C)cs1)CC2. The normalized spacial score (nSPS) is 13.8. The average molecular weight is 450 g/mol. The molecule has 3 aromatic rings. The van der Waals surface area contributed by atoms with Crippen molar-refractivity contribution in [2.75, 3.05) is 19.0 Å². The van der Waals surface area contributed by atoms with Crippen LogP contribution in [0.3, 0.4) is 0 Å². The Hall–Kier alpha value is -2.70. The van der Waals surface area contributed by atoms with Gasteiger partial charge in [-0.15, -0.1) is 11.3 Å². The van der Waals surface area contributed by atoms with Gasteiger partial charge in [-0.3, -0.25) is 9.69 Å². The van der Waals surface area contributed by atoms with Gasteiger partial charge in [0.25, 0.3) is 0 Å². The van der Waals surface area contributed by atoms with Crippen LogP contribution in [0.4, 0.5) is 5.69 Å². The number of hydrogen-bond donors (Lipinski definition) is 1. The summed E-state index contributed by atoms with van der Waals surface area (Å²) in [5.74, 6) is 1.32. The Morgan fingerprint density at radius 1 is 1.22 bits per heavy atom. The van der Waals surface area contributed by atoms with Crippen molar-refractivity contribution in [3.63, 3.8) is 0 Å². The summed E-state index contributed by atoms with van der Waals surface area (Å²) in [6, 6.07) is 14.2. The molecule has 1 aromatic heterocycles. The third-order valence-electron chi connectivity index (χ3n) is 5.92. The molecule has 4 rings (SSSR count). The van der Waals surface area contributed by atoms with Gasteiger partial charge in [0, 0.05) is 30.6 Å². The number of aryl methyl sites for hydroxylation is 1. The quantitative estimate of drug-likeness (QED) is 0.500. The van der Waals surface area contributed by atoms with Crippen molar-refractivity contribution in [3.05, 3.63) is 75.2 Å². The maximum Gasteiger partial charge on any atom is 0.224 e. The lowest BCUT2D eigenvalue weighted by Crippen LogP contribution is -2.30. The van der Waals surface area contributed by atoms with Gasteiger partial charge in [0.15, 0.2) is 0 Å². The minimum absolute atomic E-state index is 0.0209. The number of carbonyl (C=O) groups is 1. The zero-order valence-electron chi connectivity index (χ0n) is 19.1. The van der Waals surface area contributed by atoms with E-state index in [9.17, 15) is 4.79 Å². The second kappa shape index (κ2) is 10.3. The fourth-order valence-electron chi connectivity index (χ4n) is 4.06. The first-order valence-electron chi connectivity index (χ1n) is 11.2. The summed E-state index contributed by atoms with van der Waals surface area (Å²) in [4.78, 5) is 19.8. The van der Waals surface area contributed by atoms with Gasteiger partial charge in [-0.2, -0.15) is 0 Å². The van der Waals surface area contributed by atoms with Crippen LogP contribution >= 0.6 is 11.3 Å². The number of benzene rings is 2. The molecule has 1 aliphatic rings. The van der Waals surface area contributed by atoms with Crippen LogP contribution in [0.25, 0.3) is 0 Å². The maximum atomic E-state index is 12.5. The van der Waals surface area contributed by atoms with Gasteiger partial charge in [0.1, 0.15) is 10.8 Å². The summed E-state index contributed by atoms with van der Waals surface area (Å²) >= 11 is 1.75. The van der Waals surface area contributed by atoms with Crippen molar-refractivity contribution >= 4 is 22.9 Å². The summed E-state index contributed by atoms with van der Waals surface area (Å²) < 4.78 is 5.38. The molecule has 32 heavy (non-hydrogen) atoms. The molecular formula is C26H31N3O2S. The molecule has 0 aliphatic carbocycles. The molecule has 1 N–H and O–H groups in total. The Balaban J connectivity index is 1.35. The first kappa shape index (κ1) is 22.5. The molecule has 0 spiro atoms. The number of thiazole rings is 1. The summed E-state index contributed by atoms with van der Waals surface area (Å²) in [5, 5.41) is 6.43. The standard InChI is InChI=1S/C26H31N3O2S/c1-18(2)23-17-32-26(28-23)16-29-13-12-19-8-10-22(14-21(19)15-29)27-25(30)11-9-20-6-4-5-7-24(20)31-3/h4-8,10,14,17-18H,9,11-13,15-16H2,1-3H3,(H,27,30). The lowest BCUT2D eigenvalue weighted by molar-refractivity contribution is -0.116. The number of ether oxygens (including phenoxy) is 1. The van der Waals surface area contributed by atoms with Crippen LogP contribution in [0.15, 0.2) is 47.8 Å². The number of nitrogens with one attached hydrogen (secondary N) is 1. The van der Waals surface area contributed by atoms with E-state index in [1.807, 2.05) is 30.3 Å². The second-order valence-electron chi connectivity index (χ2n) is 8.62. The monoisotopic (exact) mass is 449 g/mol. The number of anilines is 1. The van der Waals surface area contributed by atoms with Crippen LogP contribution in [0.5, 0.6) is 5.75 Å². The fourth-order valence-corrected chi connectivity index (χ4v) is 5.06. The van der Waals surface area contributed by atoms with E-state index in [2.05, 4.69) is 41.6 Å². The van der Waals surface area contributed by atoms with Crippen LogP contribution in [-0.4, -0.2) is 29.4 Å². The van der Waals surface area contributed by atoms with Crippen molar-refractivity contribution in [2.45, 2.75) is 52.1 Å². The van der Waals surface area contributed by atoms with Crippen molar-refractivity contribution < 1.29 is 9.53 Å². The van der Waals surface area contributed by atoms with Crippen LogP contribution in [0.2, 0.25) is 0 Å². The van der Waals surface area contributed by atoms with Gasteiger partial charge >= 0.3 is 0 Å². The summed E-state index contributed by atoms with van der Waals surface area (Å²) in [7, 11) is 1.66. The Morgan fingerprint density at radius 2 is 2.06 bits per heavy atom. The molecular weight excluding hydrogens is 418 g/mol. The van der Waals surface area contributed by atoms with Crippen molar-refractivity contribution in [2.24, 2.45) is 0 Å². The van der Waals surface area contributed by atoms with E-state index in [-0.39, 0.29) is 5.91 Å². The fraction of sp³-hybridized carbons (Fsp3) is 0.385. The highest BCUT2D eigenvalue weighted by Gasteiger charge is 2.19. The Kier molecular flexibility index (Phi) is 7.22. The maximum absolute atomic E-state index is 12.5. The number of para-hydroxylation sites is 1. The molecule has 5 nitrogen and oxygen atoms in total. The number of carbonyl (C=O) groups excluding carboxylic acids is 1. The number of fused-ring (bicyclic) bond motifs is 1. The lowest BCUT2D eigenvalue weighted by atomic mass is 9.99. The molecule has 6 heteroatoms. The number of nitrogens with zero attached hydrogens (tertiary/aromatic N) is 2. The Morgan fingerprint density at radius 3 is 2.84 bits per heavy atom. The lowest BCUT2D eigenvalue weighted by Gasteiger charge is -2.28. The van der Waals surface area contributed by atoms with Crippen LogP contribution < -0.4 is 10.1 Å². The molecule has 1 amide bonds. The van der Waals surface area contributed by atoms with E-state index < -0.39 is 0 Å². The molecule has 168 valence electrons. The summed E-state index contributed by atoms with van der Waals surface area (Å²) in [6.07, 6.45) is 2.10. The van der Waals surface area contributed by atoms with Gasteiger partial charge in [-0.1, -0.05) is 38.1 Å². The number of rotatable bonds is 8. The van der Waals surface area contributed by atoms with Crippen LogP contribution in [-0.2, 0) is 30.7 Å². The predicted molar refractivity (Wildman–Crippen MR) is 130 cm³/mol. The molecule has 1 aliphatic heterocycles. The highest BCUT2D eigenvalue weighted by molar-refractivity contribution is 7.09. The van der Waals surface area contributed by atoms with E-state index in [0.29, 0.717) is 18.8 Å². The van der Waals surface area contributed by atoms with Gasteiger partial charge in [-0.05, 0) is 53.6 Å². The Labute approximate surface area is 194 Å². The first-order chi connectivity index (χ1) is 15.5. The molecule has 0 atom stereocenters. The number of amides is 1. The largest absolute Gasteiger partial charge is 0.496 e. The van der Waals surface area contributed by atoms with Crippen molar-refractivity contribution in [3.8, 4) is 5.75 Å². The molecule has 0 saturated heterocycles. The van der Waals surface area contributed by atoms with Crippen molar-refractivity contribution in [1.29, 1.82) is 0 Å². The molecule has 0 fully saturated rings. The predicted octanol–water partition coefficient (Wildman–Crippen LogP) is 5.40. The number of aromatic nitrogens is 1. The zero-order valence-corrected chi connectivity index (χ0v) is 19.9. The van der Waals surface area contributed by atoms with E-state index in [1.165, 1.54) is 21.8 Å². The van der Waals surface area contributed by atoms with E-state index in [1.54, 1.807) is 18.4 Å². The Bertz CT molecular complexity index is 1080. The first-order valence-corrected chi connectivity index (χ1v) is 12.1. The topological polar surface area (TPSA) is 54.5 Å². The molecule has 0 bridgehead atoms. The molecule has 0 saturated carbocycles. The van der Waals surface area contributed by atoms with Gasteiger partial charge in [-0.25, -0.2) is 4.98 Å². The zero-order chi connectivity index (χ0) is 22.5. The van der Waals surface area contributed by atoms with Gasteiger partial charge in [0.2, 0.25) is 5.91 Å². The highest BCUT2D eigenvalue weighted by Crippen LogP contribution is 2.26. The molecule has 0 unspecified atom stereocenters. The third-order valence-corrected chi connectivity index (χ3v) is 6.77. The molecule has 0 radical (unpaired) electrons. The number of hydrogen-bond acceptors (Lipinski definition) is 5. The average Bonchev–Trinajstić information content (AvgIpc) is 3.26. The van der Waals surface area contributed by atoms with Crippen LogP contribution in [0, 0.1) is 0 Å². The minimum atomic E-state index is 0.0209. The van der Waals surface area contributed by atoms with E-state index >= 15 is 0 Å². The molecule has 2 aromatic carbocycles. The molecule has 2 heterocycles. The van der Waals surface area contributed by atoms with Crippen molar-refractivity contribution in [1.82, 2.24) is 9.88 Å². The smallest absolute Gasteiger partial charge is 0.224 e.